The summed E-state index contributed by atoms with van der Waals surface area (Å²) < 4.78 is 6.81. The van der Waals surface area contributed by atoms with Crippen molar-refractivity contribution in [3.05, 3.63) is 27.3 Å². The van der Waals surface area contributed by atoms with Crippen LogP contribution in [0.2, 0.25) is 0 Å². The van der Waals surface area contributed by atoms with Crippen LogP contribution >= 0.6 is 22.6 Å². The number of halogens is 1. The molecule has 1 amide bonds. The van der Waals surface area contributed by atoms with Crippen molar-refractivity contribution in [2.24, 2.45) is 11.1 Å². The molecular formula is C16H23IN2O2. The number of hydrogen-bond donors (Lipinski definition) is 2. The van der Waals surface area contributed by atoms with Gasteiger partial charge in [0.1, 0.15) is 5.54 Å². The standard InChI is InChI=1S/C16H23IN2O2/c1-5-21-13-9-16(18,15(13,3)4)14(20)19-12-7-6-11(17)8-10(12)2/h6-8,13H,5,9,18H2,1-4H3,(H,19,20). The summed E-state index contributed by atoms with van der Waals surface area (Å²) in [5.41, 5.74) is 6.98. The third-order valence-electron chi connectivity index (χ3n) is 4.67. The second kappa shape index (κ2) is 5.85. The van der Waals surface area contributed by atoms with Gasteiger partial charge in [-0.2, -0.15) is 0 Å². The van der Waals surface area contributed by atoms with E-state index in [0.717, 1.165) is 14.8 Å². The Morgan fingerprint density at radius 3 is 2.71 bits per heavy atom. The van der Waals surface area contributed by atoms with Gasteiger partial charge in [-0.05, 0) is 60.2 Å². The van der Waals surface area contributed by atoms with E-state index in [0.29, 0.717) is 13.0 Å². The van der Waals surface area contributed by atoms with E-state index >= 15 is 0 Å². The average molecular weight is 402 g/mol. The first-order chi connectivity index (χ1) is 9.72. The Morgan fingerprint density at radius 2 is 2.19 bits per heavy atom. The Bertz CT molecular complexity index is 559. The molecule has 4 nitrogen and oxygen atoms in total. The quantitative estimate of drug-likeness (QED) is 0.761. The second-order valence-electron chi connectivity index (χ2n) is 6.25. The normalized spacial score (nSPS) is 27.0. The number of carbonyl (C=O) groups is 1. The molecule has 116 valence electrons. The van der Waals surface area contributed by atoms with E-state index in [1.54, 1.807) is 0 Å². The highest BCUT2D eigenvalue weighted by molar-refractivity contribution is 14.1. The van der Waals surface area contributed by atoms with E-state index in [9.17, 15) is 4.79 Å². The third-order valence-corrected chi connectivity index (χ3v) is 5.34. The molecule has 1 aliphatic rings. The van der Waals surface area contributed by atoms with Crippen molar-refractivity contribution < 1.29 is 9.53 Å². The van der Waals surface area contributed by atoms with Crippen molar-refractivity contribution >= 4 is 34.2 Å². The summed E-state index contributed by atoms with van der Waals surface area (Å²) in [6.45, 7) is 8.58. The highest BCUT2D eigenvalue weighted by Gasteiger charge is 2.62. The third kappa shape index (κ3) is 2.83. The summed E-state index contributed by atoms with van der Waals surface area (Å²) in [6.07, 6.45) is 0.597. The first-order valence-electron chi connectivity index (χ1n) is 7.20. The van der Waals surface area contributed by atoms with Crippen LogP contribution in [0.5, 0.6) is 0 Å². The highest BCUT2D eigenvalue weighted by Crippen LogP contribution is 2.50. The second-order valence-corrected chi connectivity index (χ2v) is 7.50. The molecule has 1 aromatic rings. The number of nitrogens with two attached hydrogens (primary N) is 1. The SMILES string of the molecule is CCOC1CC(N)(C(=O)Nc2ccc(I)cc2C)C1(C)C. The molecule has 2 unspecified atom stereocenters. The Labute approximate surface area is 140 Å². The lowest BCUT2D eigenvalue weighted by molar-refractivity contribution is -0.166. The fourth-order valence-electron chi connectivity index (χ4n) is 2.82. The molecule has 1 aliphatic carbocycles. The lowest BCUT2D eigenvalue weighted by atomic mass is 9.54. The number of amides is 1. The molecule has 1 fully saturated rings. The molecule has 0 aliphatic heterocycles. The van der Waals surface area contributed by atoms with Crippen molar-refractivity contribution in [1.82, 2.24) is 0 Å². The molecule has 1 saturated carbocycles. The number of nitrogens with one attached hydrogen (secondary N) is 1. The van der Waals surface area contributed by atoms with E-state index in [1.165, 1.54) is 0 Å². The monoisotopic (exact) mass is 402 g/mol. The zero-order valence-corrected chi connectivity index (χ0v) is 15.2. The van der Waals surface area contributed by atoms with Gasteiger partial charge in [0.15, 0.2) is 0 Å². The topological polar surface area (TPSA) is 64.3 Å². The summed E-state index contributed by atoms with van der Waals surface area (Å²) in [5, 5.41) is 2.98. The molecule has 0 radical (unpaired) electrons. The lowest BCUT2D eigenvalue weighted by Gasteiger charge is -2.57. The zero-order valence-electron chi connectivity index (χ0n) is 13.0. The number of rotatable bonds is 4. The van der Waals surface area contributed by atoms with E-state index in [1.807, 2.05) is 45.9 Å². The van der Waals surface area contributed by atoms with Crippen molar-refractivity contribution in [3.8, 4) is 0 Å². The Balaban J connectivity index is 2.14. The maximum Gasteiger partial charge on any atom is 0.245 e. The number of aryl methyl sites for hydroxylation is 1. The van der Waals surface area contributed by atoms with Gasteiger partial charge in [0, 0.05) is 27.7 Å². The summed E-state index contributed by atoms with van der Waals surface area (Å²) >= 11 is 2.25. The maximum atomic E-state index is 12.6. The molecule has 1 aromatic carbocycles. The van der Waals surface area contributed by atoms with Crippen molar-refractivity contribution in [3.63, 3.8) is 0 Å². The zero-order chi connectivity index (χ0) is 15.8. The number of benzene rings is 1. The fraction of sp³-hybridized carbons (Fsp3) is 0.562. The minimum absolute atomic E-state index is 0.0380. The minimum Gasteiger partial charge on any atom is -0.378 e. The molecule has 0 heterocycles. The van der Waals surface area contributed by atoms with Crippen LogP contribution in [0.4, 0.5) is 5.69 Å². The first-order valence-corrected chi connectivity index (χ1v) is 8.28. The largest absolute Gasteiger partial charge is 0.378 e. The molecule has 0 aromatic heterocycles. The van der Waals surface area contributed by atoms with Gasteiger partial charge < -0.3 is 15.8 Å². The Kier molecular flexibility index (Phi) is 4.66. The van der Waals surface area contributed by atoms with Crippen LogP contribution in [0.3, 0.4) is 0 Å². The fourth-order valence-corrected chi connectivity index (χ4v) is 3.47. The van der Waals surface area contributed by atoms with E-state index in [-0.39, 0.29) is 17.4 Å². The van der Waals surface area contributed by atoms with E-state index < -0.39 is 5.54 Å². The molecular weight excluding hydrogens is 379 g/mol. The highest BCUT2D eigenvalue weighted by atomic mass is 127. The van der Waals surface area contributed by atoms with Gasteiger partial charge in [-0.1, -0.05) is 13.8 Å². The summed E-state index contributed by atoms with van der Waals surface area (Å²) in [7, 11) is 0. The molecule has 2 atom stereocenters. The summed E-state index contributed by atoms with van der Waals surface area (Å²) in [4.78, 5) is 12.6. The number of hydrogen-bond acceptors (Lipinski definition) is 3. The van der Waals surface area contributed by atoms with Crippen molar-refractivity contribution in [2.75, 3.05) is 11.9 Å². The van der Waals surface area contributed by atoms with Crippen LogP contribution in [0.25, 0.3) is 0 Å². The average Bonchev–Trinajstić information content (AvgIpc) is 2.41. The molecule has 3 N–H and O–H groups in total. The van der Waals surface area contributed by atoms with E-state index in [2.05, 4.69) is 27.9 Å². The molecule has 5 heteroatoms. The predicted molar refractivity (Wildman–Crippen MR) is 93.3 cm³/mol. The van der Waals surface area contributed by atoms with Crippen LogP contribution in [-0.2, 0) is 9.53 Å². The molecule has 21 heavy (non-hydrogen) atoms. The van der Waals surface area contributed by atoms with Crippen molar-refractivity contribution in [2.45, 2.75) is 45.8 Å². The van der Waals surface area contributed by atoms with Gasteiger partial charge in [-0.25, -0.2) is 0 Å². The molecule has 0 saturated heterocycles. The lowest BCUT2D eigenvalue weighted by Crippen LogP contribution is -2.74. The molecule has 2 rings (SSSR count). The Hall–Kier alpha value is -0.660. The maximum absolute atomic E-state index is 12.6. The molecule has 0 spiro atoms. The number of carbonyl (C=O) groups excluding carboxylic acids is 1. The van der Waals surface area contributed by atoms with Gasteiger partial charge in [-0.15, -0.1) is 0 Å². The van der Waals surface area contributed by atoms with Crippen LogP contribution < -0.4 is 11.1 Å². The number of anilines is 1. The molecule has 0 bridgehead atoms. The van der Waals surface area contributed by atoms with Crippen LogP contribution in [0, 0.1) is 15.9 Å². The van der Waals surface area contributed by atoms with Gasteiger partial charge >= 0.3 is 0 Å². The van der Waals surface area contributed by atoms with Gasteiger partial charge in [0.25, 0.3) is 0 Å². The van der Waals surface area contributed by atoms with Gasteiger partial charge in [0.2, 0.25) is 5.91 Å². The van der Waals surface area contributed by atoms with Crippen LogP contribution in [-0.4, -0.2) is 24.2 Å². The first kappa shape index (κ1) is 16.7. The van der Waals surface area contributed by atoms with Crippen LogP contribution in [0.15, 0.2) is 18.2 Å². The smallest absolute Gasteiger partial charge is 0.245 e. The summed E-state index contributed by atoms with van der Waals surface area (Å²) in [6, 6.07) is 5.93. The number of ether oxygens (including phenoxy) is 1. The van der Waals surface area contributed by atoms with Crippen LogP contribution in [0.1, 0.15) is 32.8 Å². The van der Waals surface area contributed by atoms with Crippen molar-refractivity contribution in [1.29, 1.82) is 0 Å². The Morgan fingerprint density at radius 1 is 1.52 bits per heavy atom. The van der Waals surface area contributed by atoms with Gasteiger partial charge in [-0.3, -0.25) is 4.79 Å². The van der Waals surface area contributed by atoms with E-state index in [4.69, 9.17) is 10.5 Å². The van der Waals surface area contributed by atoms with Gasteiger partial charge in [0.05, 0.1) is 6.10 Å². The summed E-state index contributed by atoms with van der Waals surface area (Å²) in [5.74, 6) is -0.132. The minimum atomic E-state index is -0.887. The predicted octanol–water partition coefficient (Wildman–Crippen LogP) is 3.07.